The quantitative estimate of drug-likeness (QED) is 0.850. The molecule has 1 aromatic carbocycles. The second-order valence-electron chi connectivity index (χ2n) is 5.85. The predicted molar refractivity (Wildman–Crippen MR) is 92.6 cm³/mol. The zero-order valence-corrected chi connectivity index (χ0v) is 13.8. The molecule has 1 aliphatic heterocycles. The Morgan fingerprint density at radius 1 is 1.30 bits per heavy atom. The molecule has 1 amide bonds. The molecule has 1 aromatic heterocycles. The van der Waals surface area contributed by atoms with Crippen LogP contribution in [0.1, 0.15) is 25.7 Å². The third kappa shape index (κ3) is 4.33. The van der Waals surface area contributed by atoms with Crippen LogP contribution in [0, 0.1) is 0 Å². The summed E-state index contributed by atoms with van der Waals surface area (Å²) in [6.45, 7) is 3.34. The Morgan fingerprint density at radius 3 is 2.87 bits per heavy atom. The minimum Gasteiger partial charge on any atom is -0.309 e. The van der Waals surface area contributed by atoms with Crippen LogP contribution in [-0.2, 0) is 4.79 Å². The topological polar surface area (TPSA) is 61.0 Å². The number of halogens is 1. The van der Waals surface area contributed by atoms with Crippen LogP contribution >= 0.6 is 11.6 Å². The highest BCUT2D eigenvalue weighted by molar-refractivity contribution is 6.33. The van der Waals surface area contributed by atoms with Gasteiger partial charge in [-0.05, 0) is 45.0 Å². The van der Waals surface area contributed by atoms with E-state index in [1.54, 1.807) is 6.07 Å². The number of nitrogens with zero attached hydrogens (tertiary/aromatic N) is 2. The third-order valence-corrected chi connectivity index (χ3v) is 4.42. The molecule has 0 atom stereocenters. The highest BCUT2D eigenvalue weighted by Gasteiger charge is 2.12. The molecule has 2 heterocycles. The van der Waals surface area contributed by atoms with Crippen molar-refractivity contribution in [2.75, 3.05) is 25.0 Å². The van der Waals surface area contributed by atoms with Crippen molar-refractivity contribution in [2.24, 2.45) is 0 Å². The molecule has 3 rings (SSSR count). The largest absolute Gasteiger partial charge is 0.309 e. The Bertz CT molecular complexity index is 664. The number of carbonyl (C=O) groups is 1. The lowest BCUT2D eigenvalue weighted by Gasteiger charge is -2.13. The van der Waals surface area contributed by atoms with E-state index in [0.29, 0.717) is 17.3 Å². The molecule has 0 unspecified atom stereocenters. The van der Waals surface area contributed by atoms with Gasteiger partial charge in [0.15, 0.2) is 5.82 Å². The van der Waals surface area contributed by atoms with Crippen molar-refractivity contribution in [3.8, 4) is 11.3 Å². The summed E-state index contributed by atoms with van der Waals surface area (Å²) in [6.07, 6.45) is 3.97. The smallest absolute Gasteiger partial charge is 0.225 e. The Morgan fingerprint density at radius 2 is 2.09 bits per heavy atom. The van der Waals surface area contributed by atoms with Gasteiger partial charge < -0.3 is 10.2 Å². The van der Waals surface area contributed by atoms with Crippen LogP contribution in [0.5, 0.6) is 0 Å². The number of H-pyrrole nitrogens is 1. The fraction of sp³-hybridized carbons (Fsp3) is 0.412. The Labute approximate surface area is 141 Å². The number of likely N-dealkylation sites (tertiary alicyclic amines) is 1. The second kappa shape index (κ2) is 7.62. The number of amides is 1. The van der Waals surface area contributed by atoms with E-state index in [-0.39, 0.29) is 5.91 Å². The van der Waals surface area contributed by atoms with Crippen molar-refractivity contribution < 1.29 is 4.79 Å². The molecular weight excluding hydrogens is 312 g/mol. The van der Waals surface area contributed by atoms with Gasteiger partial charge in [-0.3, -0.25) is 9.89 Å². The van der Waals surface area contributed by atoms with Crippen LogP contribution in [0.25, 0.3) is 11.3 Å². The molecule has 5 nitrogen and oxygen atoms in total. The zero-order chi connectivity index (χ0) is 16.1. The van der Waals surface area contributed by atoms with Gasteiger partial charge in [0.25, 0.3) is 0 Å². The van der Waals surface area contributed by atoms with Gasteiger partial charge in [-0.15, -0.1) is 0 Å². The van der Waals surface area contributed by atoms with E-state index in [2.05, 4.69) is 20.4 Å². The molecule has 2 N–H and O–H groups in total. The fourth-order valence-corrected chi connectivity index (χ4v) is 3.12. The van der Waals surface area contributed by atoms with Crippen LogP contribution in [0.2, 0.25) is 5.02 Å². The van der Waals surface area contributed by atoms with Crippen LogP contribution in [0.15, 0.2) is 30.3 Å². The highest BCUT2D eigenvalue weighted by atomic mass is 35.5. The Balaban J connectivity index is 1.50. The molecule has 0 aliphatic carbocycles. The van der Waals surface area contributed by atoms with Crippen molar-refractivity contribution in [1.29, 1.82) is 0 Å². The lowest BCUT2D eigenvalue weighted by molar-refractivity contribution is -0.116. The number of hydrogen-bond donors (Lipinski definition) is 2. The summed E-state index contributed by atoms with van der Waals surface area (Å²) in [6, 6.07) is 9.34. The van der Waals surface area contributed by atoms with Gasteiger partial charge in [0.1, 0.15) is 0 Å². The average molecular weight is 333 g/mol. The molecule has 1 saturated heterocycles. The van der Waals surface area contributed by atoms with E-state index in [4.69, 9.17) is 11.6 Å². The minimum atomic E-state index is 0.00130. The molecule has 1 aliphatic rings. The molecule has 2 aromatic rings. The Hall–Kier alpha value is -1.85. The molecule has 0 bridgehead atoms. The first-order valence-electron chi connectivity index (χ1n) is 8.05. The number of carbonyl (C=O) groups excluding carboxylic acids is 1. The lowest BCUT2D eigenvalue weighted by atomic mass is 10.1. The predicted octanol–water partition coefficient (Wildman–Crippen LogP) is 3.54. The normalized spacial score (nSPS) is 15.0. The summed E-state index contributed by atoms with van der Waals surface area (Å²) < 4.78 is 0. The van der Waals surface area contributed by atoms with Crippen molar-refractivity contribution >= 4 is 23.3 Å². The molecule has 0 spiro atoms. The molecule has 0 saturated carbocycles. The van der Waals surface area contributed by atoms with Crippen molar-refractivity contribution in [1.82, 2.24) is 15.1 Å². The maximum absolute atomic E-state index is 12.0. The lowest BCUT2D eigenvalue weighted by Crippen LogP contribution is -2.22. The van der Waals surface area contributed by atoms with E-state index in [1.165, 1.54) is 25.9 Å². The van der Waals surface area contributed by atoms with E-state index >= 15 is 0 Å². The fourth-order valence-electron chi connectivity index (χ4n) is 2.88. The van der Waals surface area contributed by atoms with Crippen LogP contribution in [0.4, 0.5) is 5.82 Å². The minimum absolute atomic E-state index is 0.00130. The zero-order valence-electron chi connectivity index (χ0n) is 13.0. The monoisotopic (exact) mass is 332 g/mol. The van der Waals surface area contributed by atoms with Crippen LogP contribution in [-0.4, -0.2) is 40.6 Å². The summed E-state index contributed by atoms with van der Waals surface area (Å²) in [5, 5.41) is 10.5. The van der Waals surface area contributed by atoms with Gasteiger partial charge in [-0.1, -0.05) is 29.8 Å². The summed E-state index contributed by atoms with van der Waals surface area (Å²) in [5.74, 6) is 0.535. The van der Waals surface area contributed by atoms with Crippen molar-refractivity contribution in [2.45, 2.75) is 25.7 Å². The Kier molecular flexibility index (Phi) is 5.31. The van der Waals surface area contributed by atoms with Gasteiger partial charge >= 0.3 is 0 Å². The van der Waals surface area contributed by atoms with Crippen LogP contribution in [0.3, 0.4) is 0 Å². The number of nitrogens with one attached hydrogen (secondary N) is 2. The summed E-state index contributed by atoms with van der Waals surface area (Å²) in [5.41, 5.74) is 1.67. The molecular formula is C17H21ClN4O. The maximum Gasteiger partial charge on any atom is 0.225 e. The van der Waals surface area contributed by atoms with E-state index in [0.717, 1.165) is 24.2 Å². The molecule has 6 heteroatoms. The molecule has 23 heavy (non-hydrogen) atoms. The van der Waals surface area contributed by atoms with Crippen LogP contribution < -0.4 is 5.32 Å². The summed E-state index contributed by atoms with van der Waals surface area (Å²) >= 11 is 6.16. The number of hydrogen-bond acceptors (Lipinski definition) is 3. The van der Waals surface area contributed by atoms with Gasteiger partial charge in [0.05, 0.1) is 5.69 Å². The number of anilines is 1. The maximum atomic E-state index is 12.0. The second-order valence-corrected chi connectivity index (χ2v) is 6.25. The third-order valence-electron chi connectivity index (χ3n) is 4.09. The van der Waals surface area contributed by atoms with Gasteiger partial charge in [-0.25, -0.2) is 0 Å². The highest BCUT2D eigenvalue weighted by Crippen LogP contribution is 2.27. The summed E-state index contributed by atoms with van der Waals surface area (Å²) in [4.78, 5) is 14.4. The average Bonchev–Trinajstić information content (AvgIpc) is 3.20. The van der Waals surface area contributed by atoms with E-state index in [1.807, 2.05) is 24.3 Å². The molecule has 122 valence electrons. The SMILES string of the molecule is O=C(CCCN1CCCC1)Nc1cc(-c2ccccc2Cl)[nH]n1. The number of rotatable bonds is 6. The van der Waals surface area contributed by atoms with Crippen molar-refractivity contribution in [3.05, 3.63) is 35.4 Å². The number of aromatic amines is 1. The van der Waals surface area contributed by atoms with E-state index < -0.39 is 0 Å². The van der Waals surface area contributed by atoms with Gasteiger partial charge in [0.2, 0.25) is 5.91 Å². The molecule has 1 fully saturated rings. The standard InChI is InChI=1S/C17H21ClN4O/c18-14-7-2-1-6-13(14)15-12-16(21-20-15)19-17(23)8-5-11-22-9-3-4-10-22/h1-2,6-7,12H,3-5,8-11H2,(H2,19,20,21,23). The summed E-state index contributed by atoms with van der Waals surface area (Å²) in [7, 11) is 0. The number of aromatic nitrogens is 2. The number of benzene rings is 1. The first-order valence-corrected chi connectivity index (χ1v) is 8.43. The van der Waals surface area contributed by atoms with Crippen molar-refractivity contribution in [3.63, 3.8) is 0 Å². The first kappa shape index (κ1) is 16.0. The van der Waals surface area contributed by atoms with Gasteiger partial charge in [-0.2, -0.15) is 5.10 Å². The first-order chi connectivity index (χ1) is 11.2. The van der Waals surface area contributed by atoms with E-state index in [9.17, 15) is 4.79 Å². The van der Waals surface area contributed by atoms with Gasteiger partial charge in [0, 0.05) is 23.1 Å². The molecule has 0 radical (unpaired) electrons.